The predicted molar refractivity (Wildman–Crippen MR) is 68.1 cm³/mol. The molecule has 0 bridgehead atoms. The largest absolute Gasteiger partial charge is 0.378 e. The summed E-state index contributed by atoms with van der Waals surface area (Å²) in [6.07, 6.45) is 5.56. The molecule has 1 heterocycles. The van der Waals surface area contributed by atoms with Crippen molar-refractivity contribution in [1.82, 2.24) is 5.32 Å². The van der Waals surface area contributed by atoms with E-state index in [1.165, 1.54) is 0 Å². The topological polar surface area (TPSA) is 38.3 Å². The van der Waals surface area contributed by atoms with E-state index in [1.807, 2.05) is 6.92 Å². The van der Waals surface area contributed by atoms with Gasteiger partial charge in [0.15, 0.2) is 0 Å². The summed E-state index contributed by atoms with van der Waals surface area (Å²) in [6, 6.07) is 0. The molecule has 1 aliphatic carbocycles. The third-order valence-corrected chi connectivity index (χ3v) is 4.35. The minimum Gasteiger partial charge on any atom is -0.378 e. The molecular weight excluding hydrogens is 238 g/mol. The molecule has 2 fully saturated rings. The number of rotatable bonds is 3. The molecule has 0 radical (unpaired) electrons. The Hall–Kier alpha value is -0.280. The first-order valence-corrected chi connectivity index (χ1v) is 7.12. The Labute approximate surface area is 108 Å². The summed E-state index contributed by atoms with van der Waals surface area (Å²) in [7, 11) is 0. The summed E-state index contributed by atoms with van der Waals surface area (Å²) < 4.78 is 5.41. The normalized spacial score (nSPS) is 38.0. The zero-order valence-electron chi connectivity index (χ0n) is 10.5. The highest BCUT2D eigenvalue weighted by atomic mass is 35.5. The maximum atomic E-state index is 11.9. The zero-order chi connectivity index (χ0) is 12.3. The average molecular weight is 260 g/mol. The van der Waals surface area contributed by atoms with Gasteiger partial charge in [-0.05, 0) is 44.9 Å². The average Bonchev–Trinajstić information content (AvgIpc) is 2.75. The van der Waals surface area contributed by atoms with Crippen LogP contribution in [0, 0.1) is 11.8 Å². The second kappa shape index (κ2) is 6.05. The van der Waals surface area contributed by atoms with Crippen LogP contribution in [0.2, 0.25) is 0 Å². The Bertz CT molecular complexity index is 264. The van der Waals surface area contributed by atoms with Gasteiger partial charge in [-0.3, -0.25) is 4.79 Å². The van der Waals surface area contributed by atoms with Crippen LogP contribution in [0.1, 0.15) is 39.0 Å². The summed E-state index contributed by atoms with van der Waals surface area (Å²) >= 11 is 6.06. The van der Waals surface area contributed by atoms with Crippen molar-refractivity contribution in [3.05, 3.63) is 0 Å². The molecule has 0 aromatic carbocycles. The molecule has 1 saturated heterocycles. The predicted octanol–water partition coefficient (Wildman–Crippen LogP) is 2.33. The second-order valence-corrected chi connectivity index (χ2v) is 6.06. The maximum Gasteiger partial charge on any atom is 0.225 e. The van der Waals surface area contributed by atoms with Gasteiger partial charge in [-0.25, -0.2) is 0 Å². The van der Waals surface area contributed by atoms with E-state index in [2.05, 4.69) is 5.32 Å². The third kappa shape index (κ3) is 3.85. The van der Waals surface area contributed by atoms with E-state index in [0.717, 1.165) is 38.6 Å². The number of amides is 1. The maximum absolute atomic E-state index is 11.9. The summed E-state index contributed by atoms with van der Waals surface area (Å²) in [5.74, 6) is 0.852. The van der Waals surface area contributed by atoms with Crippen molar-refractivity contribution < 1.29 is 9.53 Å². The van der Waals surface area contributed by atoms with Crippen LogP contribution in [0.15, 0.2) is 0 Å². The van der Waals surface area contributed by atoms with E-state index in [1.54, 1.807) is 0 Å². The summed E-state index contributed by atoms with van der Waals surface area (Å²) in [4.78, 5) is 11.9. The van der Waals surface area contributed by atoms with Crippen molar-refractivity contribution in [3.8, 4) is 0 Å². The number of nitrogens with one attached hydrogen (secondary N) is 1. The van der Waals surface area contributed by atoms with Crippen molar-refractivity contribution >= 4 is 17.5 Å². The molecule has 1 amide bonds. The van der Waals surface area contributed by atoms with Gasteiger partial charge in [-0.15, -0.1) is 11.6 Å². The second-order valence-electron chi connectivity index (χ2n) is 5.44. The van der Waals surface area contributed by atoms with Crippen LogP contribution in [0.5, 0.6) is 0 Å². The van der Waals surface area contributed by atoms with Crippen LogP contribution in [0.25, 0.3) is 0 Å². The molecule has 98 valence electrons. The number of carbonyl (C=O) groups is 1. The van der Waals surface area contributed by atoms with Gasteiger partial charge in [0, 0.05) is 11.9 Å². The van der Waals surface area contributed by atoms with Gasteiger partial charge in [-0.2, -0.15) is 0 Å². The summed E-state index contributed by atoms with van der Waals surface area (Å²) in [5, 5.41) is 3.42. The van der Waals surface area contributed by atoms with Crippen LogP contribution in [-0.4, -0.2) is 30.5 Å². The molecule has 4 heteroatoms. The molecule has 0 aromatic heterocycles. The van der Waals surface area contributed by atoms with Crippen molar-refractivity contribution in [2.24, 2.45) is 11.8 Å². The fraction of sp³-hybridized carbons (Fsp3) is 0.923. The summed E-state index contributed by atoms with van der Waals surface area (Å²) in [5.41, 5.74) is 0. The highest BCUT2D eigenvalue weighted by Gasteiger charge is 2.28. The standard InChI is InChI=1S/C13H22ClNO2/c1-9-6-11(8-17-9)13(16)15-7-10-2-4-12(14)5-3-10/h9-12H,2-8H2,1H3,(H,15,16). The summed E-state index contributed by atoms with van der Waals surface area (Å²) in [6.45, 7) is 3.42. The number of ether oxygens (including phenoxy) is 1. The molecular formula is C13H22ClNO2. The van der Waals surface area contributed by atoms with E-state index in [9.17, 15) is 4.79 Å². The lowest BCUT2D eigenvalue weighted by molar-refractivity contribution is -0.125. The van der Waals surface area contributed by atoms with E-state index in [-0.39, 0.29) is 17.9 Å². The van der Waals surface area contributed by atoms with Crippen molar-refractivity contribution in [2.75, 3.05) is 13.2 Å². The van der Waals surface area contributed by atoms with E-state index >= 15 is 0 Å². The molecule has 17 heavy (non-hydrogen) atoms. The van der Waals surface area contributed by atoms with E-state index in [0.29, 0.717) is 17.9 Å². The van der Waals surface area contributed by atoms with Gasteiger partial charge in [-0.1, -0.05) is 0 Å². The lowest BCUT2D eigenvalue weighted by Crippen LogP contribution is -2.35. The first-order chi connectivity index (χ1) is 8.15. The molecule has 0 spiro atoms. The molecule has 0 aromatic rings. The number of hydrogen-bond acceptors (Lipinski definition) is 2. The van der Waals surface area contributed by atoms with Crippen LogP contribution in [0.4, 0.5) is 0 Å². The Morgan fingerprint density at radius 3 is 2.65 bits per heavy atom. The van der Waals surface area contributed by atoms with Gasteiger partial charge in [0.25, 0.3) is 0 Å². The van der Waals surface area contributed by atoms with E-state index < -0.39 is 0 Å². The molecule has 1 aliphatic heterocycles. The molecule has 2 rings (SSSR count). The number of alkyl halides is 1. The van der Waals surface area contributed by atoms with Crippen LogP contribution in [0.3, 0.4) is 0 Å². The van der Waals surface area contributed by atoms with Gasteiger partial charge >= 0.3 is 0 Å². The molecule has 1 saturated carbocycles. The molecule has 2 aliphatic rings. The van der Waals surface area contributed by atoms with Crippen molar-refractivity contribution in [1.29, 1.82) is 0 Å². The minimum atomic E-state index is 0.0642. The van der Waals surface area contributed by atoms with Crippen LogP contribution >= 0.6 is 11.6 Å². The quantitative estimate of drug-likeness (QED) is 0.790. The lowest BCUT2D eigenvalue weighted by Gasteiger charge is -2.25. The smallest absolute Gasteiger partial charge is 0.225 e. The van der Waals surface area contributed by atoms with Gasteiger partial charge in [0.2, 0.25) is 5.91 Å². The Morgan fingerprint density at radius 1 is 1.35 bits per heavy atom. The molecule has 1 N–H and O–H groups in total. The van der Waals surface area contributed by atoms with E-state index in [4.69, 9.17) is 16.3 Å². The van der Waals surface area contributed by atoms with Gasteiger partial charge in [0.05, 0.1) is 18.6 Å². The Morgan fingerprint density at radius 2 is 2.06 bits per heavy atom. The SMILES string of the molecule is CC1CC(C(=O)NCC2CCC(Cl)CC2)CO1. The zero-order valence-corrected chi connectivity index (χ0v) is 11.2. The highest BCUT2D eigenvalue weighted by molar-refractivity contribution is 6.20. The van der Waals surface area contributed by atoms with Crippen molar-refractivity contribution in [2.45, 2.75) is 50.5 Å². The molecule has 2 atom stereocenters. The van der Waals surface area contributed by atoms with Gasteiger partial charge < -0.3 is 10.1 Å². The monoisotopic (exact) mass is 259 g/mol. The van der Waals surface area contributed by atoms with Crippen LogP contribution in [-0.2, 0) is 9.53 Å². The lowest BCUT2D eigenvalue weighted by atomic mass is 9.89. The molecule has 3 nitrogen and oxygen atoms in total. The Kier molecular flexibility index (Phi) is 4.69. The Balaban J connectivity index is 1.66. The highest BCUT2D eigenvalue weighted by Crippen LogP contribution is 2.27. The number of halogens is 1. The van der Waals surface area contributed by atoms with Gasteiger partial charge in [0.1, 0.15) is 0 Å². The fourth-order valence-corrected chi connectivity index (χ4v) is 2.97. The fourth-order valence-electron chi connectivity index (χ4n) is 2.72. The minimum absolute atomic E-state index is 0.0642. The van der Waals surface area contributed by atoms with Crippen molar-refractivity contribution in [3.63, 3.8) is 0 Å². The number of hydrogen-bond donors (Lipinski definition) is 1. The first-order valence-electron chi connectivity index (χ1n) is 6.68. The first kappa shape index (κ1) is 13.2. The molecule has 2 unspecified atom stereocenters. The van der Waals surface area contributed by atoms with Crippen LogP contribution < -0.4 is 5.32 Å². The third-order valence-electron chi connectivity index (χ3n) is 3.91. The number of carbonyl (C=O) groups excluding carboxylic acids is 1.